The van der Waals surface area contributed by atoms with Crippen LogP contribution in [-0.2, 0) is 22.5 Å². The van der Waals surface area contributed by atoms with Gasteiger partial charge in [-0.05, 0) is 17.7 Å². The molecule has 31 heavy (non-hydrogen) atoms. The highest BCUT2D eigenvalue weighted by molar-refractivity contribution is 7.16. The minimum atomic E-state index is -0.572. The van der Waals surface area contributed by atoms with Gasteiger partial charge in [-0.3, -0.25) is 14.2 Å². The number of fused-ring (bicyclic) bond motifs is 1. The van der Waals surface area contributed by atoms with Crippen molar-refractivity contribution in [3.8, 4) is 0 Å². The van der Waals surface area contributed by atoms with Gasteiger partial charge < -0.3 is 10.1 Å². The van der Waals surface area contributed by atoms with Crippen LogP contribution in [-0.4, -0.2) is 33.5 Å². The van der Waals surface area contributed by atoms with Gasteiger partial charge in [-0.25, -0.2) is 14.8 Å². The fourth-order valence-corrected chi connectivity index (χ4v) is 4.09. The van der Waals surface area contributed by atoms with Gasteiger partial charge in [0, 0.05) is 11.3 Å². The number of nitrogens with one attached hydrogen (secondary N) is 1. The molecule has 0 aliphatic rings. The second kappa shape index (κ2) is 8.88. The SMILES string of the molecule is COC(=O)c1nc(NC(=O)Cn2cnc3ccccc3c2=O)sc1Cc1ccccc1. The lowest BCUT2D eigenvalue weighted by Gasteiger charge is -2.06. The van der Waals surface area contributed by atoms with Gasteiger partial charge in [-0.15, -0.1) is 11.3 Å². The molecular weight excluding hydrogens is 416 g/mol. The summed E-state index contributed by atoms with van der Waals surface area (Å²) in [6.07, 6.45) is 1.82. The van der Waals surface area contributed by atoms with E-state index < -0.39 is 11.9 Å². The van der Waals surface area contributed by atoms with Crippen molar-refractivity contribution in [2.45, 2.75) is 13.0 Å². The molecule has 4 rings (SSSR count). The van der Waals surface area contributed by atoms with Crippen molar-refractivity contribution in [2.75, 3.05) is 12.4 Å². The largest absolute Gasteiger partial charge is 0.464 e. The zero-order chi connectivity index (χ0) is 21.8. The van der Waals surface area contributed by atoms with E-state index in [-0.39, 0.29) is 22.9 Å². The minimum absolute atomic E-state index is 0.163. The monoisotopic (exact) mass is 434 g/mol. The maximum atomic E-state index is 12.6. The second-order valence-corrected chi connectivity index (χ2v) is 7.77. The van der Waals surface area contributed by atoms with E-state index in [0.717, 1.165) is 5.56 Å². The van der Waals surface area contributed by atoms with Crippen LogP contribution in [0.1, 0.15) is 20.9 Å². The number of anilines is 1. The van der Waals surface area contributed by atoms with E-state index in [1.54, 1.807) is 24.3 Å². The van der Waals surface area contributed by atoms with Gasteiger partial charge in [0.05, 0.1) is 24.3 Å². The third-order valence-electron chi connectivity index (χ3n) is 4.58. The molecule has 8 nitrogen and oxygen atoms in total. The van der Waals surface area contributed by atoms with Crippen LogP contribution in [0.5, 0.6) is 0 Å². The molecule has 9 heteroatoms. The van der Waals surface area contributed by atoms with Crippen LogP contribution >= 0.6 is 11.3 Å². The Morgan fingerprint density at radius 1 is 1.10 bits per heavy atom. The molecule has 0 bridgehead atoms. The summed E-state index contributed by atoms with van der Waals surface area (Å²) >= 11 is 1.20. The molecule has 0 unspecified atom stereocenters. The fraction of sp³-hybridized carbons (Fsp3) is 0.136. The van der Waals surface area contributed by atoms with E-state index in [4.69, 9.17) is 4.74 Å². The highest BCUT2D eigenvalue weighted by atomic mass is 32.1. The zero-order valence-corrected chi connectivity index (χ0v) is 17.4. The molecule has 0 saturated heterocycles. The fourth-order valence-electron chi connectivity index (χ4n) is 3.09. The number of hydrogen-bond donors (Lipinski definition) is 1. The van der Waals surface area contributed by atoms with E-state index in [0.29, 0.717) is 22.2 Å². The summed E-state index contributed by atoms with van der Waals surface area (Å²) in [7, 11) is 1.28. The van der Waals surface area contributed by atoms with Gasteiger partial charge in [-0.2, -0.15) is 0 Å². The highest BCUT2D eigenvalue weighted by Gasteiger charge is 2.20. The number of esters is 1. The molecule has 156 valence electrons. The minimum Gasteiger partial charge on any atom is -0.464 e. The molecule has 0 fully saturated rings. The standard InChI is InChI=1S/C22H18N4O4S/c1-30-21(29)19-17(11-14-7-3-2-4-8-14)31-22(25-19)24-18(27)12-26-13-23-16-10-6-5-9-15(16)20(26)28/h2-10,13H,11-12H2,1H3,(H,24,25,27). The lowest BCUT2D eigenvalue weighted by atomic mass is 10.1. The molecule has 0 atom stereocenters. The van der Waals surface area contributed by atoms with Crippen molar-refractivity contribution in [1.29, 1.82) is 0 Å². The summed E-state index contributed by atoms with van der Waals surface area (Å²) in [6.45, 7) is -0.224. The predicted molar refractivity (Wildman–Crippen MR) is 117 cm³/mol. The first kappa shape index (κ1) is 20.4. The molecule has 0 spiro atoms. The Balaban J connectivity index is 1.55. The molecule has 0 radical (unpaired) electrons. The van der Waals surface area contributed by atoms with Crippen molar-refractivity contribution in [2.24, 2.45) is 0 Å². The molecular formula is C22H18N4O4S. The Hall–Kier alpha value is -3.85. The average molecular weight is 434 g/mol. The summed E-state index contributed by atoms with van der Waals surface area (Å²) in [5, 5.41) is 3.36. The first-order valence-corrected chi connectivity index (χ1v) is 10.2. The lowest BCUT2D eigenvalue weighted by Crippen LogP contribution is -2.27. The van der Waals surface area contributed by atoms with Crippen LogP contribution in [0.4, 0.5) is 5.13 Å². The molecule has 0 saturated carbocycles. The molecule has 1 N–H and O–H groups in total. The van der Waals surface area contributed by atoms with Crippen LogP contribution in [0.3, 0.4) is 0 Å². The third kappa shape index (κ3) is 4.51. The van der Waals surface area contributed by atoms with Crippen molar-refractivity contribution < 1.29 is 14.3 Å². The van der Waals surface area contributed by atoms with Gasteiger partial charge >= 0.3 is 5.97 Å². The van der Waals surface area contributed by atoms with E-state index in [1.165, 1.54) is 29.3 Å². The Labute approximate surface area is 181 Å². The number of carbonyl (C=O) groups is 2. The Bertz CT molecular complexity index is 1310. The smallest absolute Gasteiger partial charge is 0.357 e. The Morgan fingerprint density at radius 2 is 1.84 bits per heavy atom. The van der Waals surface area contributed by atoms with Crippen molar-refractivity contribution >= 4 is 39.2 Å². The molecule has 2 aromatic carbocycles. The van der Waals surface area contributed by atoms with Crippen molar-refractivity contribution in [3.63, 3.8) is 0 Å². The first-order chi connectivity index (χ1) is 15.0. The van der Waals surface area contributed by atoms with Gasteiger partial charge in [0.25, 0.3) is 5.56 Å². The number of para-hydroxylation sites is 1. The summed E-state index contributed by atoms with van der Waals surface area (Å²) < 4.78 is 6.06. The third-order valence-corrected chi connectivity index (χ3v) is 5.55. The number of hydrogen-bond acceptors (Lipinski definition) is 7. The van der Waals surface area contributed by atoms with E-state index >= 15 is 0 Å². The van der Waals surface area contributed by atoms with E-state index in [9.17, 15) is 14.4 Å². The molecule has 1 amide bonds. The van der Waals surface area contributed by atoms with Crippen LogP contribution < -0.4 is 10.9 Å². The zero-order valence-electron chi connectivity index (χ0n) is 16.6. The molecule has 0 aliphatic carbocycles. The molecule has 4 aromatic rings. The van der Waals surface area contributed by atoms with Gasteiger partial charge in [0.1, 0.15) is 6.54 Å². The maximum absolute atomic E-state index is 12.6. The number of ether oxygens (including phenoxy) is 1. The van der Waals surface area contributed by atoms with Crippen LogP contribution in [0.25, 0.3) is 10.9 Å². The Kier molecular flexibility index (Phi) is 5.85. The number of nitrogens with zero attached hydrogens (tertiary/aromatic N) is 3. The normalized spacial score (nSPS) is 10.7. The number of rotatable bonds is 6. The molecule has 0 aliphatic heterocycles. The highest BCUT2D eigenvalue weighted by Crippen LogP contribution is 2.26. The predicted octanol–water partition coefficient (Wildman–Crippen LogP) is 2.87. The number of carbonyl (C=O) groups excluding carboxylic acids is 2. The number of thiazole rings is 1. The van der Waals surface area contributed by atoms with E-state index in [2.05, 4.69) is 15.3 Å². The van der Waals surface area contributed by atoms with Crippen LogP contribution in [0.15, 0.2) is 65.7 Å². The number of benzene rings is 2. The quantitative estimate of drug-likeness (QED) is 0.468. The van der Waals surface area contributed by atoms with E-state index in [1.807, 2.05) is 30.3 Å². The first-order valence-electron chi connectivity index (χ1n) is 9.41. The lowest BCUT2D eigenvalue weighted by molar-refractivity contribution is -0.116. The maximum Gasteiger partial charge on any atom is 0.357 e. The summed E-state index contributed by atoms with van der Waals surface area (Å²) in [5.74, 6) is -1.02. The summed E-state index contributed by atoms with van der Waals surface area (Å²) in [5.41, 5.74) is 1.43. The summed E-state index contributed by atoms with van der Waals surface area (Å²) in [4.78, 5) is 46.4. The van der Waals surface area contributed by atoms with Gasteiger partial charge in [0.2, 0.25) is 5.91 Å². The summed E-state index contributed by atoms with van der Waals surface area (Å²) in [6, 6.07) is 16.5. The van der Waals surface area contributed by atoms with Crippen molar-refractivity contribution in [1.82, 2.24) is 14.5 Å². The van der Waals surface area contributed by atoms with Crippen LogP contribution in [0.2, 0.25) is 0 Å². The Morgan fingerprint density at radius 3 is 2.61 bits per heavy atom. The van der Waals surface area contributed by atoms with Crippen LogP contribution in [0, 0.1) is 0 Å². The van der Waals surface area contributed by atoms with Crippen molar-refractivity contribution in [3.05, 3.63) is 87.4 Å². The number of aromatic nitrogens is 3. The molecule has 2 aromatic heterocycles. The average Bonchev–Trinajstić information content (AvgIpc) is 3.17. The van der Waals surface area contributed by atoms with Gasteiger partial charge in [0.15, 0.2) is 10.8 Å². The second-order valence-electron chi connectivity index (χ2n) is 6.69. The van der Waals surface area contributed by atoms with Gasteiger partial charge in [-0.1, -0.05) is 42.5 Å². The number of amides is 1. The topological polar surface area (TPSA) is 103 Å². The molecule has 2 heterocycles. The number of methoxy groups -OCH3 is 1.